The van der Waals surface area contributed by atoms with Gasteiger partial charge in [-0.05, 0) is 29.3 Å². The molecular weight excluding hydrogens is 508 g/mol. The Bertz CT molecular complexity index is 1100. The first-order chi connectivity index (χ1) is 15.0. The van der Waals surface area contributed by atoms with E-state index in [-0.39, 0.29) is 0 Å². The van der Waals surface area contributed by atoms with Gasteiger partial charge in [-0.25, -0.2) is 0 Å². The molecule has 0 unspecified atom stereocenters. The number of benzene rings is 2. The number of halogens is 12. The Labute approximate surface area is 179 Å². The van der Waals surface area contributed by atoms with E-state index in [9.17, 15) is 68.0 Å². The van der Waals surface area contributed by atoms with Gasteiger partial charge in [-0.15, -0.1) is 0 Å². The molecule has 0 saturated heterocycles. The monoisotopic (exact) mass is 518 g/mol. The number of alkyl halides is 12. The highest BCUT2D eigenvalue weighted by Gasteiger charge is 2.74. The summed E-state index contributed by atoms with van der Waals surface area (Å²) in [7, 11) is 0. The minimum absolute atomic E-state index is 0.550. The standard InChI is InChI=1S/C17H10F12N2O3/c18-14(19,20)6-1-4(2-7(32)10(6)30)13(16(24,25)26,17(27,28)29)5-3-8(33)12(34)11(31)9(5)15(21,22)23/h1-3,32-34H,30-31H2. The maximum atomic E-state index is 14.2. The van der Waals surface area contributed by atoms with Crippen LogP contribution >= 0.6 is 0 Å². The highest BCUT2D eigenvalue weighted by Crippen LogP contribution is 2.61. The van der Waals surface area contributed by atoms with Crippen molar-refractivity contribution in [2.24, 2.45) is 0 Å². The van der Waals surface area contributed by atoms with Crippen molar-refractivity contribution in [2.75, 3.05) is 11.5 Å². The van der Waals surface area contributed by atoms with Crippen LogP contribution in [0.15, 0.2) is 18.2 Å². The molecule has 0 radical (unpaired) electrons. The molecule has 0 heterocycles. The number of hydrogen-bond acceptors (Lipinski definition) is 5. The summed E-state index contributed by atoms with van der Waals surface area (Å²) in [6.45, 7) is 0. The van der Waals surface area contributed by atoms with Crippen LogP contribution in [0.25, 0.3) is 0 Å². The lowest BCUT2D eigenvalue weighted by Crippen LogP contribution is -2.55. The molecule has 17 heteroatoms. The average molecular weight is 518 g/mol. The smallest absolute Gasteiger partial charge is 0.418 e. The summed E-state index contributed by atoms with van der Waals surface area (Å²) >= 11 is 0. The second-order valence-corrected chi connectivity index (χ2v) is 6.78. The zero-order chi connectivity index (χ0) is 26.8. The fourth-order valence-corrected chi connectivity index (χ4v) is 3.32. The molecule has 0 aliphatic carbocycles. The van der Waals surface area contributed by atoms with Crippen molar-refractivity contribution < 1.29 is 68.0 Å². The van der Waals surface area contributed by atoms with Crippen molar-refractivity contribution in [3.05, 3.63) is 40.5 Å². The minimum atomic E-state index is -6.90. The van der Waals surface area contributed by atoms with Crippen molar-refractivity contribution in [2.45, 2.75) is 30.1 Å². The second-order valence-electron chi connectivity index (χ2n) is 6.78. The van der Waals surface area contributed by atoms with Crippen LogP contribution < -0.4 is 11.5 Å². The van der Waals surface area contributed by atoms with Crippen LogP contribution in [0.5, 0.6) is 17.2 Å². The van der Waals surface area contributed by atoms with Crippen LogP contribution in [0, 0.1) is 0 Å². The van der Waals surface area contributed by atoms with Crippen LogP contribution in [-0.2, 0) is 17.8 Å². The second kappa shape index (κ2) is 7.56. The predicted octanol–water partition coefficient (Wildman–Crippen LogP) is 5.42. The molecule has 0 amide bonds. The predicted molar refractivity (Wildman–Crippen MR) is 89.6 cm³/mol. The molecule has 0 aliphatic rings. The largest absolute Gasteiger partial charge is 0.506 e. The summed E-state index contributed by atoms with van der Waals surface area (Å²) in [5.74, 6) is -5.88. The number of hydrogen-bond donors (Lipinski definition) is 5. The van der Waals surface area contributed by atoms with E-state index in [2.05, 4.69) is 0 Å². The van der Waals surface area contributed by atoms with Crippen LogP contribution in [0.1, 0.15) is 22.3 Å². The number of phenolic OH excluding ortho intramolecular Hbond substituents is 3. The van der Waals surface area contributed by atoms with Crippen molar-refractivity contribution in [1.29, 1.82) is 0 Å². The van der Waals surface area contributed by atoms with Gasteiger partial charge in [0.25, 0.3) is 0 Å². The zero-order valence-electron chi connectivity index (χ0n) is 15.8. The molecule has 0 fully saturated rings. The quantitative estimate of drug-likeness (QED) is 0.207. The van der Waals surface area contributed by atoms with Gasteiger partial charge in [0.1, 0.15) is 5.75 Å². The van der Waals surface area contributed by atoms with Gasteiger partial charge < -0.3 is 26.8 Å². The molecule has 2 aromatic carbocycles. The third-order valence-electron chi connectivity index (χ3n) is 4.75. The van der Waals surface area contributed by atoms with E-state index >= 15 is 0 Å². The highest BCUT2D eigenvalue weighted by molar-refractivity contribution is 5.71. The van der Waals surface area contributed by atoms with Crippen LogP contribution in [0.3, 0.4) is 0 Å². The third-order valence-corrected chi connectivity index (χ3v) is 4.75. The highest BCUT2D eigenvalue weighted by atomic mass is 19.4. The number of phenols is 3. The average Bonchev–Trinajstić information content (AvgIpc) is 2.58. The topological polar surface area (TPSA) is 113 Å². The van der Waals surface area contributed by atoms with E-state index in [4.69, 9.17) is 11.5 Å². The molecule has 0 aromatic heterocycles. The van der Waals surface area contributed by atoms with Gasteiger partial charge in [0.2, 0.25) is 5.41 Å². The van der Waals surface area contributed by atoms with Crippen LogP contribution in [0.4, 0.5) is 64.1 Å². The first-order valence-electron chi connectivity index (χ1n) is 8.25. The third kappa shape index (κ3) is 3.91. The summed E-state index contributed by atoms with van der Waals surface area (Å²) in [5.41, 5.74) is -10.9. The number of aromatic hydroxyl groups is 3. The summed E-state index contributed by atoms with van der Waals surface area (Å²) in [4.78, 5) is 0. The van der Waals surface area contributed by atoms with E-state index in [1.165, 1.54) is 0 Å². The van der Waals surface area contributed by atoms with Gasteiger partial charge in [0.05, 0.1) is 22.5 Å². The number of nitrogen functional groups attached to an aromatic ring is 2. The van der Waals surface area contributed by atoms with Crippen molar-refractivity contribution in [3.63, 3.8) is 0 Å². The van der Waals surface area contributed by atoms with Gasteiger partial charge in [0, 0.05) is 0 Å². The summed E-state index contributed by atoms with van der Waals surface area (Å²) in [5, 5.41) is 28.5. The van der Waals surface area contributed by atoms with E-state index in [0.717, 1.165) is 0 Å². The molecular formula is C17H10F12N2O3. The van der Waals surface area contributed by atoms with E-state index < -0.39 is 99.2 Å². The Morgan fingerprint density at radius 1 is 0.559 bits per heavy atom. The van der Waals surface area contributed by atoms with Gasteiger partial charge in [-0.1, -0.05) is 0 Å². The SMILES string of the molecule is Nc1c(O)cc(C(c2cc(O)c(O)c(N)c2C(F)(F)F)(C(F)(F)F)C(F)(F)F)cc1C(F)(F)F. The van der Waals surface area contributed by atoms with Crippen molar-refractivity contribution >= 4 is 11.4 Å². The molecule has 5 nitrogen and oxygen atoms in total. The molecule has 0 atom stereocenters. The van der Waals surface area contributed by atoms with Gasteiger partial charge in [-0.2, -0.15) is 52.7 Å². The minimum Gasteiger partial charge on any atom is -0.506 e. The summed E-state index contributed by atoms with van der Waals surface area (Å²) in [6.07, 6.45) is -25.7. The van der Waals surface area contributed by atoms with Gasteiger partial charge in [-0.3, -0.25) is 0 Å². The zero-order valence-corrected chi connectivity index (χ0v) is 15.8. The Balaban J connectivity index is 3.34. The lowest BCUT2D eigenvalue weighted by Gasteiger charge is -2.40. The van der Waals surface area contributed by atoms with Gasteiger partial charge in [0.15, 0.2) is 11.5 Å². The maximum absolute atomic E-state index is 14.2. The Morgan fingerprint density at radius 3 is 1.41 bits per heavy atom. The molecule has 0 saturated carbocycles. The number of anilines is 2. The van der Waals surface area contributed by atoms with E-state index in [1.54, 1.807) is 0 Å². The molecule has 7 N–H and O–H groups in total. The molecule has 0 aliphatic heterocycles. The van der Waals surface area contributed by atoms with E-state index in [1.807, 2.05) is 0 Å². The first kappa shape index (κ1) is 26.8. The summed E-state index contributed by atoms with van der Waals surface area (Å²) in [6, 6.07) is -2.17. The Kier molecular flexibility index (Phi) is 5.97. The Hall–Kier alpha value is -3.40. The Morgan fingerprint density at radius 2 is 1.03 bits per heavy atom. The lowest BCUT2D eigenvalue weighted by molar-refractivity contribution is -0.289. The lowest BCUT2D eigenvalue weighted by atomic mass is 9.70. The van der Waals surface area contributed by atoms with Gasteiger partial charge >= 0.3 is 24.7 Å². The summed E-state index contributed by atoms with van der Waals surface area (Å²) < 4.78 is 165. The van der Waals surface area contributed by atoms with Crippen molar-refractivity contribution in [1.82, 2.24) is 0 Å². The molecule has 0 spiro atoms. The number of rotatable bonds is 2. The molecule has 34 heavy (non-hydrogen) atoms. The fourth-order valence-electron chi connectivity index (χ4n) is 3.32. The molecule has 2 rings (SSSR count). The van der Waals surface area contributed by atoms with E-state index in [0.29, 0.717) is 0 Å². The molecule has 190 valence electrons. The molecule has 2 aromatic rings. The number of nitrogens with two attached hydrogens (primary N) is 2. The maximum Gasteiger partial charge on any atom is 0.418 e. The fraction of sp³-hybridized carbons (Fsp3) is 0.294. The van der Waals surface area contributed by atoms with Crippen LogP contribution in [-0.4, -0.2) is 27.7 Å². The van der Waals surface area contributed by atoms with Crippen LogP contribution in [0.2, 0.25) is 0 Å². The van der Waals surface area contributed by atoms with Crippen molar-refractivity contribution in [3.8, 4) is 17.2 Å². The first-order valence-corrected chi connectivity index (χ1v) is 8.25. The normalized spacial score (nSPS) is 13.9. The molecule has 0 bridgehead atoms.